The van der Waals surface area contributed by atoms with Gasteiger partial charge in [-0.15, -0.1) is 0 Å². The van der Waals surface area contributed by atoms with E-state index in [1.165, 1.54) is 0 Å². The Kier molecular flexibility index (Phi) is 4.60. The van der Waals surface area contributed by atoms with Crippen molar-refractivity contribution in [3.05, 3.63) is 66.4 Å². The molecule has 0 amide bonds. The Labute approximate surface area is 152 Å². The first-order chi connectivity index (χ1) is 12.8. The molecule has 0 aliphatic carbocycles. The summed E-state index contributed by atoms with van der Waals surface area (Å²) >= 11 is 0. The number of fused-ring (bicyclic) bond motifs is 1. The number of anilines is 2. The Morgan fingerprint density at radius 1 is 0.962 bits per heavy atom. The van der Waals surface area contributed by atoms with Crippen LogP contribution in [0.3, 0.4) is 0 Å². The molecule has 0 fully saturated rings. The lowest BCUT2D eigenvalue weighted by atomic mass is 10.2. The molecule has 5 heteroatoms. The summed E-state index contributed by atoms with van der Waals surface area (Å²) in [4.78, 5) is 9.48. The molecule has 0 aliphatic rings. The third kappa shape index (κ3) is 3.42. The molecule has 26 heavy (non-hydrogen) atoms. The van der Waals surface area contributed by atoms with E-state index in [4.69, 9.17) is 9.97 Å². The molecule has 2 aromatic heterocycles. The number of rotatable bonds is 6. The Hall–Kier alpha value is -3.21. The average Bonchev–Trinajstić information content (AvgIpc) is 3.14. The van der Waals surface area contributed by atoms with Crippen molar-refractivity contribution < 1.29 is 0 Å². The fraction of sp³-hybridized carbons (Fsp3) is 0.190. The Morgan fingerprint density at radius 3 is 2.62 bits per heavy atom. The molecule has 2 aromatic carbocycles. The molecule has 4 aromatic rings. The highest BCUT2D eigenvalue weighted by Crippen LogP contribution is 2.26. The van der Waals surface area contributed by atoms with Crippen molar-refractivity contribution in [3.8, 4) is 11.4 Å². The van der Waals surface area contributed by atoms with Crippen LogP contribution < -0.4 is 5.32 Å². The third-order valence-corrected chi connectivity index (χ3v) is 4.31. The van der Waals surface area contributed by atoms with Gasteiger partial charge in [0.2, 0.25) is 0 Å². The number of para-hydroxylation sites is 1. The molecular weight excluding hydrogens is 322 g/mol. The predicted molar refractivity (Wildman–Crippen MR) is 105 cm³/mol. The second-order valence-corrected chi connectivity index (χ2v) is 6.28. The SMILES string of the molecule is CCCCc1cc(Nc2nc(-c3ccccc3)nc3ccccc23)[nH]n1. The van der Waals surface area contributed by atoms with Gasteiger partial charge in [-0.25, -0.2) is 9.97 Å². The fourth-order valence-corrected chi connectivity index (χ4v) is 2.93. The highest BCUT2D eigenvalue weighted by molar-refractivity contribution is 5.91. The number of nitrogens with one attached hydrogen (secondary N) is 2. The van der Waals surface area contributed by atoms with Gasteiger partial charge < -0.3 is 5.32 Å². The molecule has 130 valence electrons. The molecule has 0 atom stereocenters. The van der Waals surface area contributed by atoms with E-state index < -0.39 is 0 Å². The van der Waals surface area contributed by atoms with Crippen molar-refractivity contribution in [1.29, 1.82) is 0 Å². The molecule has 0 radical (unpaired) electrons. The minimum Gasteiger partial charge on any atom is -0.325 e. The van der Waals surface area contributed by atoms with Gasteiger partial charge in [-0.2, -0.15) is 5.10 Å². The van der Waals surface area contributed by atoms with Crippen molar-refractivity contribution >= 4 is 22.5 Å². The Bertz CT molecular complexity index is 1010. The molecule has 0 saturated heterocycles. The highest BCUT2D eigenvalue weighted by Gasteiger charge is 2.10. The van der Waals surface area contributed by atoms with E-state index in [2.05, 4.69) is 28.5 Å². The van der Waals surface area contributed by atoms with E-state index in [1.54, 1.807) is 0 Å². The smallest absolute Gasteiger partial charge is 0.162 e. The maximum atomic E-state index is 4.77. The van der Waals surface area contributed by atoms with E-state index in [-0.39, 0.29) is 0 Å². The predicted octanol–water partition coefficient (Wildman–Crippen LogP) is 5.11. The maximum absolute atomic E-state index is 4.77. The molecule has 0 aliphatic heterocycles. The van der Waals surface area contributed by atoms with Gasteiger partial charge in [-0.3, -0.25) is 5.10 Å². The summed E-state index contributed by atoms with van der Waals surface area (Å²) in [5.74, 6) is 2.33. The minimum atomic E-state index is 0.706. The van der Waals surface area contributed by atoms with Crippen molar-refractivity contribution in [2.45, 2.75) is 26.2 Å². The van der Waals surface area contributed by atoms with Gasteiger partial charge in [0.05, 0.1) is 11.2 Å². The molecular formula is C21H21N5. The lowest BCUT2D eigenvalue weighted by Crippen LogP contribution is -1.99. The fourth-order valence-electron chi connectivity index (χ4n) is 2.93. The first-order valence-electron chi connectivity index (χ1n) is 8.97. The lowest BCUT2D eigenvalue weighted by Gasteiger charge is -2.09. The van der Waals surface area contributed by atoms with Gasteiger partial charge >= 0.3 is 0 Å². The van der Waals surface area contributed by atoms with Gasteiger partial charge in [0, 0.05) is 17.0 Å². The zero-order chi connectivity index (χ0) is 17.8. The van der Waals surface area contributed by atoms with Crippen LogP contribution in [0.25, 0.3) is 22.3 Å². The Balaban J connectivity index is 1.72. The second kappa shape index (κ2) is 7.35. The number of aryl methyl sites for hydroxylation is 1. The van der Waals surface area contributed by atoms with Crippen molar-refractivity contribution in [3.63, 3.8) is 0 Å². The Morgan fingerprint density at radius 2 is 1.77 bits per heavy atom. The standard InChI is InChI=1S/C21H21N5/c1-2-3-11-16-14-19(26-25-16)23-21-17-12-7-8-13-18(17)22-20(24-21)15-9-5-4-6-10-15/h4-10,12-14H,2-3,11H2,1H3,(H2,22,23,24,25,26). The number of aromatic amines is 1. The largest absolute Gasteiger partial charge is 0.325 e. The van der Waals surface area contributed by atoms with Crippen LogP contribution >= 0.6 is 0 Å². The summed E-state index contributed by atoms with van der Waals surface area (Å²) in [5, 5.41) is 11.8. The molecule has 0 spiro atoms. The van der Waals surface area contributed by atoms with E-state index in [9.17, 15) is 0 Å². The number of hydrogen-bond acceptors (Lipinski definition) is 4. The molecule has 2 heterocycles. The van der Waals surface area contributed by atoms with Crippen LogP contribution in [-0.4, -0.2) is 20.2 Å². The first kappa shape index (κ1) is 16.3. The topological polar surface area (TPSA) is 66.5 Å². The van der Waals surface area contributed by atoms with Gasteiger partial charge in [0.25, 0.3) is 0 Å². The zero-order valence-electron chi connectivity index (χ0n) is 14.7. The molecule has 0 bridgehead atoms. The first-order valence-corrected chi connectivity index (χ1v) is 8.97. The van der Waals surface area contributed by atoms with Crippen LogP contribution in [0.2, 0.25) is 0 Å². The van der Waals surface area contributed by atoms with E-state index in [0.29, 0.717) is 5.82 Å². The lowest BCUT2D eigenvalue weighted by molar-refractivity contribution is 0.772. The monoisotopic (exact) mass is 343 g/mol. The van der Waals surface area contributed by atoms with E-state index in [0.717, 1.165) is 53.1 Å². The number of benzene rings is 2. The quantitative estimate of drug-likeness (QED) is 0.511. The summed E-state index contributed by atoms with van der Waals surface area (Å²) in [6, 6.07) is 20.1. The van der Waals surface area contributed by atoms with Crippen LogP contribution in [0, 0.1) is 0 Å². The normalized spacial score (nSPS) is 11.0. The van der Waals surface area contributed by atoms with Crippen molar-refractivity contribution in [2.75, 3.05) is 5.32 Å². The number of H-pyrrole nitrogens is 1. The highest BCUT2D eigenvalue weighted by atomic mass is 15.2. The molecule has 0 saturated carbocycles. The van der Waals surface area contributed by atoms with Gasteiger partial charge in [-0.05, 0) is 25.0 Å². The summed E-state index contributed by atoms with van der Waals surface area (Å²) in [6.07, 6.45) is 3.28. The maximum Gasteiger partial charge on any atom is 0.162 e. The van der Waals surface area contributed by atoms with Crippen LogP contribution in [0.15, 0.2) is 60.7 Å². The minimum absolute atomic E-state index is 0.706. The molecule has 5 nitrogen and oxygen atoms in total. The number of unbranched alkanes of at least 4 members (excludes halogenated alkanes) is 1. The summed E-state index contributed by atoms with van der Waals surface area (Å²) < 4.78 is 0. The van der Waals surface area contributed by atoms with Crippen LogP contribution in [0.1, 0.15) is 25.5 Å². The van der Waals surface area contributed by atoms with Crippen LogP contribution in [-0.2, 0) is 6.42 Å². The van der Waals surface area contributed by atoms with Crippen LogP contribution in [0.4, 0.5) is 11.6 Å². The third-order valence-electron chi connectivity index (χ3n) is 4.31. The zero-order valence-corrected chi connectivity index (χ0v) is 14.7. The van der Waals surface area contributed by atoms with Gasteiger partial charge in [0.1, 0.15) is 11.6 Å². The molecule has 4 rings (SSSR count). The summed E-state index contributed by atoms with van der Waals surface area (Å²) in [6.45, 7) is 2.18. The number of nitrogens with zero attached hydrogens (tertiary/aromatic N) is 3. The van der Waals surface area contributed by atoms with Gasteiger partial charge in [-0.1, -0.05) is 55.8 Å². The number of hydrogen-bond donors (Lipinski definition) is 2. The van der Waals surface area contributed by atoms with E-state index in [1.807, 2.05) is 54.6 Å². The average molecular weight is 343 g/mol. The summed E-state index contributed by atoms with van der Waals surface area (Å²) in [5.41, 5.74) is 2.97. The summed E-state index contributed by atoms with van der Waals surface area (Å²) in [7, 11) is 0. The van der Waals surface area contributed by atoms with Crippen molar-refractivity contribution in [1.82, 2.24) is 20.2 Å². The van der Waals surface area contributed by atoms with E-state index >= 15 is 0 Å². The second-order valence-electron chi connectivity index (χ2n) is 6.28. The van der Waals surface area contributed by atoms with Gasteiger partial charge in [0.15, 0.2) is 5.82 Å². The molecule has 0 unspecified atom stereocenters. The van der Waals surface area contributed by atoms with Crippen LogP contribution in [0.5, 0.6) is 0 Å². The number of aromatic nitrogens is 4. The molecule has 2 N–H and O–H groups in total. The van der Waals surface area contributed by atoms with Crippen molar-refractivity contribution in [2.24, 2.45) is 0 Å².